The molecule has 7 heteroatoms. The molecule has 0 aliphatic rings. The molecular weight excluding hydrogens is 379 g/mol. The second-order valence-corrected chi connectivity index (χ2v) is 6.53. The summed E-state index contributed by atoms with van der Waals surface area (Å²) in [7, 11) is 0. The van der Waals surface area contributed by atoms with Gasteiger partial charge in [0.1, 0.15) is 0 Å². The van der Waals surface area contributed by atoms with Crippen LogP contribution >= 0.6 is 0 Å². The number of aromatic amines is 1. The van der Waals surface area contributed by atoms with Crippen molar-refractivity contribution in [2.45, 2.75) is 12.7 Å². The molecule has 0 aliphatic heterocycles. The van der Waals surface area contributed by atoms with Crippen molar-refractivity contribution in [1.82, 2.24) is 15.3 Å². The molecule has 4 aromatic rings. The number of fused-ring (bicyclic) bond motifs is 3. The van der Waals surface area contributed by atoms with E-state index in [4.69, 9.17) is 0 Å². The van der Waals surface area contributed by atoms with E-state index in [0.717, 1.165) is 33.9 Å². The second-order valence-electron chi connectivity index (χ2n) is 6.53. The van der Waals surface area contributed by atoms with Crippen molar-refractivity contribution < 1.29 is 18.0 Å². The third-order valence-corrected chi connectivity index (χ3v) is 4.58. The van der Waals surface area contributed by atoms with E-state index in [-0.39, 0.29) is 6.54 Å². The number of carbonyl (C=O) groups is 1. The number of pyridine rings is 1. The molecule has 29 heavy (non-hydrogen) atoms. The van der Waals surface area contributed by atoms with Crippen molar-refractivity contribution >= 4 is 33.8 Å². The predicted molar refractivity (Wildman–Crippen MR) is 106 cm³/mol. The largest absolute Gasteiger partial charge is 0.416 e. The summed E-state index contributed by atoms with van der Waals surface area (Å²) in [5.74, 6) is -0.419. The topological polar surface area (TPSA) is 57.8 Å². The van der Waals surface area contributed by atoms with Crippen molar-refractivity contribution in [2.75, 3.05) is 0 Å². The summed E-state index contributed by atoms with van der Waals surface area (Å²) in [6.45, 7) is 0.190. The fraction of sp³-hybridized carbons (Fsp3) is 0.0909. The number of H-pyrrole nitrogens is 1. The SMILES string of the molecule is O=C(/C=C/c1cccc(C(F)(F)F)c1)NCc1nccc2c1[nH]c1ccccc12. The Morgan fingerprint density at radius 2 is 1.90 bits per heavy atom. The van der Waals surface area contributed by atoms with Crippen molar-refractivity contribution in [2.24, 2.45) is 0 Å². The number of aromatic nitrogens is 2. The Hall–Kier alpha value is -3.61. The molecule has 0 aliphatic carbocycles. The summed E-state index contributed by atoms with van der Waals surface area (Å²) in [4.78, 5) is 19.8. The molecule has 4 rings (SSSR count). The molecular formula is C22H16F3N3O. The molecule has 2 aromatic carbocycles. The zero-order valence-corrected chi connectivity index (χ0v) is 15.1. The number of hydrogen-bond donors (Lipinski definition) is 2. The first-order valence-electron chi connectivity index (χ1n) is 8.89. The molecule has 0 bridgehead atoms. The minimum absolute atomic E-state index is 0.190. The zero-order chi connectivity index (χ0) is 20.4. The number of nitrogens with one attached hydrogen (secondary N) is 2. The zero-order valence-electron chi connectivity index (χ0n) is 15.1. The minimum Gasteiger partial charge on any atom is -0.353 e. The summed E-state index contributed by atoms with van der Waals surface area (Å²) < 4.78 is 38.3. The summed E-state index contributed by atoms with van der Waals surface area (Å²) in [5, 5.41) is 4.80. The molecule has 2 N–H and O–H groups in total. The van der Waals surface area contributed by atoms with Crippen LogP contribution in [-0.4, -0.2) is 15.9 Å². The summed E-state index contributed by atoms with van der Waals surface area (Å²) in [6, 6.07) is 14.6. The highest BCUT2D eigenvalue weighted by Crippen LogP contribution is 2.30. The lowest BCUT2D eigenvalue weighted by Crippen LogP contribution is -2.21. The average molecular weight is 395 g/mol. The number of rotatable bonds is 4. The third-order valence-electron chi connectivity index (χ3n) is 4.58. The van der Waals surface area contributed by atoms with Crippen LogP contribution in [-0.2, 0) is 17.5 Å². The molecule has 0 atom stereocenters. The van der Waals surface area contributed by atoms with Crippen LogP contribution in [0.1, 0.15) is 16.8 Å². The summed E-state index contributed by atoms with van der Waals surface area (Å²) in [6.07, 6.45) is -0.180. The molecule has 1 amide bonds. The lowest BCUT2D eigenvalue weighted by molar-refractivity contribution is -0.137. The average Bonchev–Trinajstić information content (AvgIpc) is 3.10. The van der Waals surface area contributed by atoms with Gasteiger partial charge in [-0.3, -0.25) is 9.78 Å². The van der Waals surface area contributed by atoms with Crippen molar-refractivity contribution in [3.63, 3.8) is 0 Å². The quantitative estimate of drug-likeness (QED) is 0.474. The Balaban J connectivity index is 1.48. The first kappa shape index (κ1) is 18.7. The first-order valence-corrected chi connectivity index (χ1v) is 8.89. The molecule has 2 aromatic heterocycles. The standard InChI is InChI=1S/C22H16F3N3O/c23-22(24,25)15-5-3-4-14(12-15)8-9-20(29)27-13-19-21-17(10-11-26-19)16-6-1-2-7-18(16)28-21/h1-12,28H,13H2,(H,27,29)/b9-8+. The van der Waals surface area contributed by atoms with Crippen LogP contribution in [0.5, 0.6) is 0 Å². The number of carbonyl (C=O) groups excluding carboxylic acids is 1. The van der Waals surface area contributed by atoms with Crippen LogP contribution in [0.25, 0.3) is 27.9 Å². The van der Waals surface area contributed by atoms with E-state index < -0.39 is 17.6 Å². The van der Waals surface area contributed by atoms with Gasteiger partial charge < -0.3 is 10.3 Å². The Labute approximate surface area is 164 Å². The lowest BCUT2D eigenvalue weighted by Gasteiger charge is -2.06. The fourth-order valence-electron chi connectivity index (χ4n) is 3.19. The van der Waals surface area contributed by atoms with E-state index in [9.17, 15) is 18.0 Å². The van der Waals surface area contributed by atoms with Crippen molar-refractivity contribution in [3.8, 4) is 0 Å². The molecule has 0 radical (unpaired) electrons. The van der Waals surface area contributed by atoms with Gasteiger partial charge in [-0.25, -0.2) is 0 Å². The third kappa shape index (κ3) is 3.99. The molecule has 0 spiro atoms. The normalized spacial score (nSPS) is 12.1. The predicted octanol–water partition coefficient (Wildman–Crippen LogP) is 5.06. The fourth-order valence-corrected chi connectivity index (χ4v) is 3.19. The highest BCUT2D eigenvalue weighted by atomic mass is 19.4. The molecule has 0 unspecified atom stereocenters. The highest BCUT2D eigenvalue weighted by molar-refractivity contribution is 6.07. The maximum Gasteiger partial charge on any atom is 0.416 e. The van der Waals surface area contributed by atoms with Crippen LogP contribution in [0, 0.1) is 0 Å². The molecule has 0 saturated heterocycles. The van der Waals surface area contributed by atoms with E-state index in [1.165, 1.54) is 24.3 Å². The van der Waals surface area contributed by atoms with Gasteiger partial charge in [-0.05, 0) is 35.9 Å². The van der Waals surface area contributed by atoms with Gasteiger partial charge in [0.25, 0.3) is 0 Å². The number of amides is 1. The smallest absolute Gasteiger partial charge is 0.353 e. The van der Waals surface area contributed by atoms with Gasteiger partial charge in [-0.15, -0.1) is 0 Å². The van der Waals surface area contributed by atoms with E-state index in [1.807, 2.05) is 30.3 Å². The number of nitrogens with zero attached hydrogens (tertiary/aromatic N) is 1. The van der Waals surface area contributed by atoms with Gasteiger partial charge in [-0.1, -0.05) is 30.3 Å². The van der Waals surface area contributed by atoms with E-state index in [1.54, 1.807) is 6.20 Å². The van der Waals surface area contributed by atoms with Gasteiger partial charge in [0.15, 0.2) is 0 Å². The number of halogens is 3. The van der Waals surface area contributed by atoms with Gasteiger partial charge in [-0.2, -0.15) is 13.2 Å². The van der Waals surface area contributed by atoms with Gasteiger partial charge >= 0.3 is 6.18 Å². The number of alkyl halides is 3. The van der Waals surface area contributed by atoms with Crippen LogP contribution in [0.2, 0.25) is 0 Å². The Kier molecular flexibility index (Phi) is 4.80. The van der Waals surface area contributed by atoms with E-state index in [2.05, 4.69) is 15.3 Å². The maximum absolute atomic E-state index is 12.8. The first-order chi connectivity index (χ1) is 13.9. The van der Waals surface area contributed by atoms with Crippen LogP contribution in [0.4, 0.5) is 13.2 Å². The van der Waals surface area contributed by atoms with Crippen molar-refractivity contribution in [1.29, 1.82) is 0 Å². The second kappa shape index (κ2) is 7.43. The monoisotopic (exact) mass is 395 g/mol. The Morgan fingerprint density at radius 1 is 1.07 bits per heavy atom. The number of para-hydroxylation sites is 1. The molecule has 0 saturated carbocycles. The van der Waals surface area contributed by atoms with Crippen LogP contribution < -0.4 is 5.32 Å². The lowest BCUT2D eigenvalue weighted by atomic mass is 10.1. The van der Waals surface area contributed by atoms with Crippen LogP contribution in [0.15, 0.2) is 66.9 Å². The molecule has 4 nitrogen and oxygen atoms in total. The number of benzene rings is 2. The van der Waals surface area contributed by atoms with Gasteiger partial charge in [0.05, 0.1) is 23.3 Å². The molecule has 146 valence electrons. The molecule has 0 fully saturated rings. The van der Waals surface area contributed by atoms with Gasteiger partial charge in [0, 0.05) is 28.6 Å². The van der Waals surface area contributed by atoms with Crippen LogP contribution in [0.3, 0.4) is 0 Å². The maximum atomic E-state index is 12.8. The number of hydrogen-bond acceptors (Lipinski definition) is 2. The van der Waals surface area contributed by atoms with E-state index >= 15 is 0 Å². The van der Waals surface area contributed by atoms with Gasteiger partial charge in [0.2, 0.25) is 5.91 Å². The Morgan fingerprint density at radius 3 is 2.72 bits per heavy atom. The van der Waals surface area contributed by atoms with E-state index in [0.29, 0.717) is 11.3 Å². The highest BCUT2D eigenvalue weighted by Gasteiger charge is 2.30. The van der Waals surface area contributed by atoms with Crippen molar-refractivity contribution in [3.05, 3.63) is 83.7 Å². The molecule has 2 heterocycles. The Bertz CT molecular complexity index is 1220. The summed E-state index contributed by atoms with van der Waals surface area (Å²) >= 11 is 0. The minimum atomic E-state index is -4.42. The summed E-state index contributed by atoms with van der Waals surface area (Å²) in [5.41, 5.74) is 2.04.